The highest BCUT2D eigenvalue weighted by molar-refractivity contribution is 4.96. The van der Waals surface area contributed by atoms with Gasteiger partial charge in [-0.3, -0.25) is 0 Å². The van der Waals surface area contributed by atoms with Crippen LogP contribution in [0.3, 0.4) is 0 Å². The minimum absolute atomic E-state index is 0.0111. The summed E-state index contributed by atoms with van der Waals surface area (Å²) in [6, 6.07) is 0. The van der Waals surface area contributed by atoms with Gasteiger partial charge in [-0.05, 0) is 37.0 Å². The van der Waals surface area contributed by atoms with Crippen molar-refractivity contribution in [3.8, 4) is 0 Å². The van der Waals surface area contributed by atoms with Crippen LogP contribution in [0, 0.1) is 11.3 Å². The monoisotopic (exact) mass is 199 g/mol. The molecule has 0 aromatic carbocycles. The summed E-state index contributed by atoms with van der Waals surface area (Å²) in [4.78, 5) is 0. The lowest BCUT2D eigenvalue weighted by Gasteiger charge is -2.45. The number of methoxy groups -OCH3 is 1. The van der Waals surface area contributed by atoms with Gasteiger partial charge < -0.3 is 10.5 Å². The highest BCUT2D eigenvalue weighted by Gasteiger charge is 2.39. The molecule has 1 saturated carbocycles. The van der Waals surface area contributed by atoms with Crippen LogP contribution in [0.15, 0.2) is 0 Å². The summed E-state index contributed by atoms with van der Waals surface area (Å²) in [5.74, 6) is 0.751. The molecule has 2 unspecified atom stereocenters. The van der Waals surface area contributed by atoms with Gasteiger partial charge in [0.25, 0.3) is 0 Å². The molecule has 2 N–H and O–H groups in total. The molecule has 0 radical (unpaired) electrons. The molecule has 0 spiro atoms. The van der Waals surface area contributed by atoms with Crippen LogP contribution in [0.5, 0.6) is 0 Å². The SMILES string of the molecule is COCCC1(N)CC(C)CC(C)(C)C1. The van der Waals surface area contributed by atoms with Crippen LogP contribution in [0.25, 0.3) is 0 Å². The number of nitrogens with two attached hydrogens (primary N) is 1. The number of hydrogen-bond donors (Lipinski definition) is 1. The molecule has 0 bridgehead atoms. The van der Waals surface area contributed by atoms with Gasteiger partial charge in [0.2, 0.25) is 0 Å². The zero-order valence-electron chi connectivity index (χ0n) is 10.1. The van der Waals surface area contributed by atoms with E-state index in [1.807, 2.05) is 0 Å². The lowest BCUT2D eigenvalue weighted by molar-refractivity contribution is 0.0770. The topological polar surface area (TPSA) is 35.2 Å². The van der Waals surface area contributed by atoms with Crippen LogP contribution in [-0.2, 0) is 4.74 Å². The highest BCUT2D eigenvalue weighted by atomic mass is 16.5. The summed E-state index contributed by atoms with van der Waals surface area (Å²) in [5, 5.41) is 0. The normalized spacial score (nSPS) is 37.1. The second-order valence-corrected chi connectivity index (χ2v) is 5.96. The second-order valence-electron chi connectivity index (χ2n) is 5.96. The van der Waals surface area contributed by atoms with E-state index in [2.05, 4.69) is 20.8 Å². The molecule has 0 aliphatic heterocycles. The zero-order valence-corrected chi connectivity index (χ0v) is 10.1. The average molecular weight is 199 g/mol. The molecule has 1 aliphatic rings. The Morgan fingerprint density at radius 3 is 2.50 bits per heavy atom. The average Bonchev–Trinajstić information content (AvgIpc) is 1.96. The molecule has 2 heteroatoms. The summed E-state index contributed by atoms with van der Waals surface area (Å²) in [6.07, 6.45) is 4.59. The van der Waals surface area contributed by atoms with E-state index in [-0.39, 0.29) is 5.54 Å². The molecule has 1 aliphatic carbocycles. The standard InChI is InChI=1S/C12H25NO/c1-10-7-11(2,3)9-12(13,8-10)5-6-14-4/h10H,5-9,13H2,1-4H3. The third kappa shape index (κ3) is 3.25. The van der Waals surface area contributed by atoms with E-state index in [1.165, 1.54) is 6.42 Å². The molecule has 0 amide bonds. The number of hydrogen-bond acceptors (Lipinski definition) is 2. The summed E-state index contributed by atoms with van der Waals surface area (Å²) in [5.41, 5.74) is 6.85. The highest BCUT2D eigenvalue weighted by Crippen LogP contribution is 2.43. The molecule has 0 heterocycles. The first-order chi connectivity index (χ1) is 6.37. The Morgan fingerprint density at radius 2 is 2.00 bits per heavy atom. The van der Waals surface area contributed by atoms with E-state index >= 15 is 0 Å². The van der Waals surface area contributed by atoms with Gasteiger partial charge in [-0.25, -0.2) is 0 Å². The summed E-state index contributed by atoms with van der Waals surface area (Å²) < 4.78 is 5.13. The van der Waals surface area contributed by atoms with Gasteiger partial charge >= 0.3 is 0 Å². The van der Waals surface area contributed by atoms with E-state index in [0.717, 1.165) is 31.8 Å². The van der Waals surface area contributed by atoms with Gasteiger partial charge in [-0.15, -0.1) is 0 Å². The van der Waals surface area contributed by atoms with Gasteiger partial charge in [0.15, 0.2) is 0 Å². The van der Waals surface area contributed by atoms with Crippen molar-refractivity contribution in [2.24, 2.45) is 17.1 Å². The Hall–Kier alpha value is -0.0800. The first-order valence-corrected chi connectivity index (χ1v) is 5.65. The molecular weight excluding hydrogens is 174 g/mol. The Kier molecular flexibility index (Phi) is 3.59. The second kappa shape index (κ2) is 4.19. The van der Waals surface area contributed by atoms with E-state index < -0.39 is 0 Å². The lowest BCUT2D eigenvalue weighted by Crippen LogP contribution is -2.49. The van der Waals surface area contributed by atoms with Gasteiger partial charge in [0.1, 0.15) is 0 Å². The molecule has 14 heavy (non-hydrogen) atoms. The molecule has 0 aromatic rings. The minimum Gasteiger partial charge on any atom is -0.385 e. The lowest BCUT2D eigenvalue weighted by atomic mass is 9.64. The van der Waals surface area contributed by atoms with Crippen LogP contribution < -0.4 is 5.73 Å². The molecule has 0 aromatic heterocycles. The molecule has 1 rings (SSSR count). The maximum atomic E-state index is 6.43. The van der Waals surface area contributed by atoms with Crippen molar-refractivity contribution in [2.45, 2.75) is 52.0 Å². The van der Waals surface area contributed by atoms with Gasteiger partial charge in [-0.1, -0.05) is 20.8 Å². The van der Waals surface area contributed by atoms with Gasteiger partial charge in [0.05, 0.1) is 0 Å². The Bertz CT molecular complexity index is 191. The summed E-state index contributed by atoms with van der Waals surface area (Å²) >= 11 is 0. The maximum Gasteiger partial charge on any atom is 0.0479 e. The molecule has 2 nitrogen and oxygen atoms in total. The van der Waals surface area contributed by atoms with Crippen LogP contribution in [0.4, 0.5) is 0 Å². The quantitative estimate of drug-likeness (QED) is 0.758. The first kappa shape index (κ1) is 12.0. The minimum atomic E-state index is 0.0111. The molecule has 2 atom stereocenters. The predicted octanol–water partition coefficient (Wildman–Crippen LogP) is 2.57. The van der Waals surface area contributed by atoms with Crippen molar-refractivity contribution in [3.05, 3.63) is 0 Å². The number of rotatable bonds is 3. The van der Waals surface area contributed by atoms with Crippen molar-refractivity contribution >= 4 is 0 Å². The fourth-order valence-corrected chi connectivity index (χ4v) is 3.30. The first-order valence-electron chi connectivity index (χ1n) is 5.65. The Balaban J connectivity index is 2.59. The molecule has 0 saturated heterocycles. The predicted molar refractivity (Wildman–Crippen MR) is 60.2 cm³/mol. The van der Waals surface area contributed by atoms with Gasteiger partial charge in [0, 0.05) is 19.3 Å². The van der Waals surface area contributed by atoms with Crippen molar-refractivity contribution in [1.29, 1.82) is 0 Å². The third-order valence-corrected chi connectivity index (χ3v) is 3.29. The zero-order chi connectivity index (χ0) is 10.8. The number of ether oxygens (including phenoxy) is 1. The van der Waals surface area contributed by atoms with E-state index in [0.29, 0.717) is 5.41 Å². The van der Waals surface area contributed by atoms with Crippen molar-refractivity contribution in [1.82, 2.24) is 0 Å². The third-order valence-electron chi connectivity index (χ3n) is 3.29. The van der Waals surface area contributed by atoms with Crippen LogP contribution in [-0.4, -0.2) is 19.3 Å². The van der Waals surface area contributed by atoms with E-state index in [1.54, 1.807) is 7.11 Å². The van der Waals surface area contributed by atoms with E-state index in [9.17, 15) is 0 Å². The van der Waals surface area contributed by atoms with Crippen molar-refractivity contribution in [2.75, 3.05) is 13.7 Å². The fraction of sp³-hybridized carbons (Fsp3) is 1.00. The fourth-order valence-electron chi connectivity index (χ4n) is 3.30. The Morgan fingerprint density at radius 1 is 1.36 bits per heavy atom. The largest absolute Gasteiger partial charge is 0.385 e. The Labute approximate surface area is 88.2 Å². The van der Waals surface area contributed by atoms with Crippen molar-refractivity contribution < 1.29 is 4.74 Å². The van der Waals surface area contributed by atoms with Crippen LogP contribution in [0.2, 0.25) is 0 Å². The molecule has 1 fully saturated rings. The maximum absolute atomic E-state index is 6.43. The van der Waals surface area contributed by atoms with Crippen LogP contribution in [0.1, 0.15) is 46.5 Å². The summed E-state index contributed by atoms with van der Waals surface area (Å²) in [6.45, 7) is 7.77. The molecule has 84 valence electrons. The molecular formula is C12H25NO. The van der Waals surface area contributed by atoms with Crippen LogP contribution >= 0.6 is 0 Å². The van der Waals surface area contributed by atoms with E-state index in [4.69, 9.17) is 10.5 Å². The smallest absolute Gasteiger partial charge is 0.0479 e. The van der Waals surface area contributed by atoms with Gasteiger partial charge in [-0.2, -0.15) is 0 Å². The summed E-state index contributed by atoms with van der Waals surface area (Å²) in [7, 11) is 1.75. The van der Waals surface area contributed by atoms with Crippen molar-refractivity contribution in [3.63, 3.8) is 0 Å².